The Bertz CT molecular complexity index is 511. The van der Waals surface area contributed by atoms with Crippen LogP contribution in [0.5, 0.6) is 0 Å². The molecule has 5 nitrogen and oxygen atoms in total. The molecule has 0 fully saturated rings. The first kappa shape index (κ1) is 15.0. The molecule has 0 atom stereocenters. The van der Waals surface area contributed by atoms with Crippen molar-refractivity contribution in [1.29, 1.82) is 0 Å². The third kappa shape index (κ3) is 3.19. The van der Waals surface area contributed by atoms with Crippen LogP contribution >= 0.6 is 11.3 Å². The molecular formula is C14H20N2O3S. The second-order valence-corrected chi connectivity index (χ2v) is 5.91. The van der Waals surface area contributed by atoms with E-state index in [4.69, 9.17) is 4.74 Å². The van der Waals surface area contributed by atoms with Crippen LogP contribution < -0.4 is 10.6 Å². The van der Waals surface area contributed by atoms with E-state index in [1.807, 2.05) is 7.05 Å². The number of fused-ring (bicyclic) bond motifs is 1. The van der Waals surface area contributed by atoms with Crippen molar-refractivity contribution in [2.24, 2.45) is 0 Å². The van der Waals surface area contributed by atoms with Crippen LogP contribution in [0.4, 0.5) is 5.00 Å². The molecule has 1 amide bonds. The van der Waals surface area contributed by atoms with E-state index in [1.54, 1.807) is 0 Å². The molecule has 1 heterocycles. The summed E-state index contributed by atoms with van der Waals surface area (Å²) >= 11 is 1.51. The van der Waals surface area contributed by atoms with Gasteiger partial charge in [-0.25, -0.2) is 4.79 Å². The summed E-state index contributed by atoms with van der Waals surface area (Å²) in [5, 5.41) is 6.52. The lowest BCUT2D eigenvalue weighted by Crippen LogP contribution is -2.16. The molecule has 0 aliphatic heterocycles. The molecule has 1 aromatic heterocycles. The van der Waals surface area contributed by atoms with Crippen molar-refractivity contribution in [1.82, 2.24) is 5.32 Å². The number of nitrogens with one attached hydrogen (secondary N) is 2. The number of aryl methyl sites for hydroxylation is 1. The number of carbonyl (C=O) groups is 2. The highest BCUT2D eigenvalue weighted by atomic mass is 32.1. The molecule has 1 aliphatic rings. The maximum Gasteiger partial charge on any atom is 0.341 e. The lowest BCUT2D eigenvalue weighted by molar-refractivity contribution is -0.116. The van der Waals surface area contributed by atoms with E-state index in [1.165, 1.54) is 23.3 Å². The number of rotatable bonds is 6. The third-order valence-electron chi connectivity index (χ3n) is 3.39. The largest absolute Gasteiger partial charge is 0.465 e. The number of anilines is 1. The molecule has 0 aromatic carbocycles. The molecule has 110 valence electrons. The topological polar surface area (TPSA) is 67.4 Å². The molecule has 2 N–H and O–H groups in total. The molecule has 0 unspecified atom stereocenters. The van der Waals surface area contributed by atoms with Crippen LogP contribution in [-0.4, -0.2) is 32.6 Å². The Morgan fingerprint density at radius 3 is 2.85 bits per heavy atom. The third-order valence-corrected chi connectivity index (χ3v) is 4.60. The van der Waals surface area contributed by atoms with E-state index in [-0.39, 0.29) is 11.9 Å². The van der Waals surface area contributed by atoms with Crippen molar-refractivity contribution >= 4 is 28.2 Å². The highest BCUT2D eigenvalue weighted by Crippen LogP contribution is 2.39. The van der Waals surface area contributed by atoms with E-state index in [0.717, 1.165) is 37.8 Å². The first-order valence-corrected chi connectivity index (χ1v) is 7.66. The van der Waals surface area contributed by atoms with Crippen LogP contribution in [0.25, 0.3) is 0 Å². The van der Waals surface area contributed by atoms with E-state index in [2.05, 4.69) is 10.6 Å². The minimum Gasteiger partial charge on any atom is -0.465 e. The summed E-state index contributed by atoms with van der Waals surface area (Å²) in [5.74, 6) is -0.403. The van der Waals surface area contributed by atoms with Crippen LogP contribution in [0.1, 0.15) is 40.1 Å². The molecule has 1 aromatic rings. The number of ether oxygens (including phenoxy) is 1. The number of thiophene rings is 1. The minimum atomic E-state index is -0.352. The average molecular weight is 296 g/mol. The maximum atomic E-state index is 11.9. The Hall–Kier alpha value is -1.40. The van der Waals surface area contributed by atoms with Gasteiger partial charge in [0.2, 0.25) is 5.91 Å². The van der Waals surface area contributed by atoms with Crippen molar-refractivity contribution in [3.8, 4) is 0 Å². The Balaban J connectivity index is 2.11. The fourth-order valence-electron chi connectivity index (χ4n) is 2.43. The number of hydrogen-bond donors (Lipinski definition) is 2. The number of methoxy groups -OCH3 is 1. The molecule has 0 saturated heterocycles. The average Bonchev–Trinajstić information content (AvgIpc) is 2.98. The highest BCUT2D eigenvalue weighted by molar-refractivity contribution is 7.17. The molecule has 6 heteroatoms. The van der Waals surface area contributed by atoms with Crippen molar-refractivity contribution < 1.29 is 14.3 Å². The lowest BCUT2D eigenvalue weighted by Gasteiger charge is -2.07. The quantitative estimate of drug-likeness (QED) is 0.622. The molecule has 0 spiro atoms. The van der Waals surface area contributed by atoms with Gasteiger partial charge in [0, 0.05) is 11.3 Å². The highest BCUT2D eigenvalue weighted by Gasteiger charge is 2.27. The van der Waals surface area contributed by atoms with Crippen molar-refractivity contribution in [3.63, 3.8) is 0 Å². The molecule has 0 bridgehead atoms. The Morgan fingerprint density at radius 2 is 2.15 bits per heavy atom. The summed E-state index contributed by atoms with van der Waals surface area (Å²) in [5.41, 5.74) is 1.62. The van der Waals surface area contributed by atoms with Gasteiger partial charge in [0.15, 0.2) is 0 Å². The minimum absolute atomic E-state index is 0.0506. The second-order valence-electron chi connectivity index (χ2n) is 4.81. The molecule has 2 rings (SSSR count). The smallest absolute Gasteiger partial charge is 0.341 e. The first-order chi connectivity index (χ1) is 9.67. The van der Waals surface area contributed by atoms with Gasteiger partial charge in [-0.15, -0.1) is 11.3 Å². The Labute approximate surface area is 122 Å². The monoisotopic (exact) mass is 296 g/mol. The van der Waals surface area contributed by atoms with Gasteiger partial charge < -0.3 is 15.4 Å². The van der Waals surface area contributed by atoms with Crippen molar-refractivity contribution in [2.45, 2.75) is 32.1 Å². The van der Waals surface area contributed by atoms with Crippen molar-refractivity contribution in [2.75, 3.05) is 26.0 Å². The fourth-order valence-corrected chi connectivity index (χ4v) is 3.72. The zero-order valence-corrected chi connectivity index (χ0v) is 12.7. The SMILES string of the molecule is CNCCCC(=O)Nc1sc2c(c1C(=O)OC)CCC2. The van der Waals surface area contributed by atoms with Gasteiger partial charge in [0.05, 0.1) is 12.7 Å². The van der Waals surface area contributed by atoms with Gasteiger partial charge in [-0.3, -0.25) is 4.79 Å². The number of carbonyl (C=O) groups excluding carboxylic acids is 2. The molecule has 0 saturated carbocycles. The number of esters is 1. The number of hydrogen-bond acceptors (Lipinski definition) is 5. The summed E-state index contributed by atoms with van der Waals surface area (Å²) in [7, 11) is 3.23. The second kappa shape index (κ2) is 6.85. The van der Waals surface area contributed by atoms with E-state index in [9.17, 15) is 9.59 Å². The summed E-state index contributed by atoms with van der Waals surface area (Å²) in [6, 6.07) is 0. The Kier molecular flexibility index (Phi) is 5.14. The Morgan fingerprint density at radius 1 is 1.35 bits per heavy atom. The first-order valence-electron chi connectivity index (χ1n) is 6.84. The number of amides is 1. The van der Waals surface area contributed by atoms with Crippen LogP contribution in [0.3, 0.4) is 0 Å². The zero-order valence-electron chi connectivity index (χ0n) is 11.9. The normalized spacial score (nSPS) is 13.1. The van der Waals surface area contributed by atoms with E-state index in [0.29, 0.717) is 17.0 Å². The van der Waals surface area contributed by atoms with Gasteiger partial charge in [0.25, 0.3) is 0 Å². The standard InChI is InChI=1S/C14H20N2O3S/c1-15-8-4-7-11(17)16-13-12(14(18)19-2)9-5-3-6-10(9)20-13/h15H,3-8H2,1-2H3,(H,16,17). The zero-order chi connectivity index (χ0) is 14.5. The van der Waals surface area contributed by atoms with Crippen LogP contribution in [-0.2, 0) is 22.4 Å². The summed E-state index contributed by atoms with van der Waals surface area (Å²) in [6.07, 6.45) is 4.18. The predicted molar refractivity (Wildman–Crippen MR) is 79.5 cm³/mol. The maximum absolute atomic E-state index is 11.9. The molecular weight excluding hydrogens is 276 g/mol. The van der Waals surface area contributed by atoms with Crippen LogP contribution in [0.15, 0.2) is 0 Å². The predicted octanol–water partition coefficient (Wildman–Crippen LogP) is 1.96. The molecule has 20 heavy (non-hydrogen) atoms. The summed E-state index contributed by atoms with van der Waals surface area (Å²) in [6.45, 7) is 0.804. The summed E-state index contributed by atoms with van der Waals surface area (Å²) < 4.78 is 4.85. The van der Waals surface area contributed by atoms with Crippen LogP contribution in [0, 0.1) is 0 Å². The van der Waals surface area contributed by atoms with Gasteiger partial charge in [-0.05, 0) is 44.8 Å². The van der Waals surface area contributed by atoms with Gasteiger partial charge in [-0.2, -0.15) is 0 Å². The van der Waals surface area contributed by atoms with Crippen molar-refractivity contribution in [3.05, 3.63) is 16.0 Å². The van der Waals surface area contributed by atoms with Crippen LogP contribution in [0.2, 0.25) is 0 Å². The lowest BCUT2D eigenvalue weighted by atomic mass is 10.1. The molecule has 1 aliphatic carbocycles. The van der Waals surface area contributed by atoms with Gasteiger partial charge in [-0.1, -0.05) is 0 Å². The fraction of sp³-hybridized carbons (Fsp3) is 0.571. The molecule has 0 radical (unpaired) electrons. The van der Waals surface area contributed by atoms with E-state index >= 15 is 0 Å². The van der Waals surface area contributed by atoms with Gasteiger partial charge in [0.1, 0.15) is 5.00 Å². The summed E-state index contributed by atoms with van der Waals surface area (Å²) in [4.78, 5) is 25.0. The van der Waals surface area contributed by atoms with Gasteiger partial charge >= 0.3 is 5.97 Å². The van der Waals surface area contributed by atoms with E-state index < -0.39 is 0 Å².